The molecule has 0 saturated heterocycles. The largest absolute Gasteiger partial charge is 0.497 e. The second kappa shape index (κ2) is 7.46. The third-order valence-corrected chi connectivity index (χ3v) is 3.01. The fourth-order valence-electron chi connectivity index (χ4n) is 2.01. The van der Waals surface area contributed by atoms with Crippen LogP contribution in [0.2, 0.25) is 0 Å². The first kappa shape index (κ1) is 15.8. The highest BCUT2D eigenvalue weighted by Crippen LogP contribution is 2.21. The number of carboxylic acids is 1. The summed E-state index contributed by atoms with van der Waals surface area (Å²) in [7, 11) is 3.12. The minimum absolute atomic E-state index is 0.207. The number of carboxylic acid groups (broad SMARTS) is 1. The van der Waals surface area contributed by atoms with Crippen molar-refractivity contribution in [1.82, 2.24) is 5.32 Å². The van der Waals surface area contributed by atoms with Gasteiger partial charge in [-0.1, -0.05) is 0 Å². The van der Waals surface area contributed by atoms with Gasteiger partial charge in [-0.25, -0.2) is 4.99 Å². The molecule has 0 unspecified atom stereocenters. The predicted molar refractivity (Wildman–Crippen MR) is 80.6 cm³/mol. The summed E-state index contributed by atoms with van der Waals surface area (Å²) in [4.78, 5) is 15.1. The lowest BCUT2D eigenvalue weighted by Crippen LogP contribution is -2.32. The minimum Gasteiger partial charge on any atom is -0.497 e. The molecule has 0 radical (unpaired) electrons. The van der Waals surface area contributed by atoms with Gasteiger partial charge in [0.25, 0.3) is 0 Å². The number of rotatable bonds is 6. The number of hydrogen-bond acceptors (Lipinski definition) is 6. The van der Waals surface area contributed by atoms with E-state index < -0.39 is 5.97 Å². The van der Waals surface area contributed by atoms with Gasteiger partial charge in [0.1, 0.15) is 18.0 Å². The molecule has 1 aliphatic rings. The van der Waals surface area contributed by atoms with Crippen molar-refractivity contribution < 1.29 is 24.1 Å². The summed E-state index contributed by atoms with van der Waals surface area (Å²) >= 11 is 0. The van der Waals surface area contributed by atoms with E-state index in [9.17, 15) is 4.79 Å². The van der Waals surface area contributed by atoms with E-state index in [1.807, 2.05) is 24.3 Å². The number of aliphatic carboxylic acids is 1. The Balaban J connectivity index is 2.24. The van der Waals surface area contributed by atoms with E-state index in [4.69, 9.17) is 19.3 Å². The first-order chi connectivity index (χ1) is 10.6. The van der Waals surface area contributed by atoms with Crippen LogP contribution in [-0.2, 0) is 14.3 Å². The standard InChI is InChI=1S/C15H18N2O5/c1-20-11-5-3-10(4-6-11)17-13-9-22-8-12(15(13)21-2)16-7-14(18)19/h3-6,16H,7-9H2,1-2H3,(H,18,19)/b17-13+. The molecule has 7 heteroatoms. The van der Waals surface area contributed by atoms with Crippen LogP contribution >= 0.6 is 0 Å². The Morgan fingerprint density at radius 2 is 2.00 bits per heavy atom. The lowest BCUT2D eigenvalue weighted by Gasteiger charge is -2.22. The summed E-state index contributed by atoms with van der Waals surface area (Å²) in [5, 5.41) is 11.5. The van der Waals surface area contributed by atoms with Gasteiger partial charge in [-0.15, -0.1) is 0 Å². The van der Waals surface area contributed by atoms with E-state index in [2.05, 4.69) is 10.3 Å². The summed E-state index contributed by atoms with van der Waals surface area (Å²) in [5.41, 5.74) is 1.91. The van der Waals surface area contributed by atoms with Crippen LogP contribution in [0.15, 0.2) is 40.7 Å². The van der Waals surface area contributed by atoms with E-state index in [1.54, 1.807) is 7.11 Å². The second-order valence-electron chi connectivity index (χ2n) is 4.51. The van der Waals surface area contributed by atoms with Crippen LogP contribution < -0.4 is 10.1 Å². The van der Waals surface area contributed by atoms with Gasteiger partial charge in [-0.05, 0) is 24.3 Å². The molecule has 0 saturated carbocycles. The lowest BCUT2D eigenvalue weighted by atomic mass is 10.2. The summed E-state index contributed by atoms with van der Waals surface area (Å²) < 4.78 is 15.9. The van der Waals surface area contributed by atoms with Crippen LogP contribution in [0.3, 0.4) is 0 Å². The number of nitrogens with one attached hydrogen (secondary N) is 1. The monoisotopic (exact) mass is 306 g/mol. The zero-order valence-electron chi connectivity index (χ0n) is 12.5. The van der Waals surface area contributed by atoms with E-state index in [0.717, 1.165) is 11.4 Å². The number of hydrogen-bond donors (Lipinski definition) is 2. The molecule has 2 rings (SSSR count). The van der Waals surface area contributed by atoms with Gasteiger partial charge in [0.15, 0.2) is 5.76 Å². The zero-order valence-corrected chi connectivity index (χ0v) is 12.5. The highest BCUT2D eigenvalue weighted by Gasteiger charge is 2.21. The Morgan fingerprint density at radius 3 is 2.59 bits per heavy atom. The number of nitrogens with zero attached hydrogens (tertiary/aromatic N) is 1. The number of aliphatic imine (C=N–C) groups is 1. The Hall–Kier alpha value is -2.54. The fraction of sp³-hybridized carbons (Fsp3) is 0.333. The number of benzene rings is 1. The summed E-state index contributed by atoms with van der Waals surface area (Å²) in [6.45, 7) is 0.354. The molecule has 118 valence electrons. The summed E-state index contributed by atoms with van der Waals surface area (Å²) in [6.07, 6.45) is 0. The van der Waals surface area contributed by atoms with Gasteiger partial charge in [0, 0.05) is 0 Å². The van der Waals surface area contributed by atoms with E-state index in [0.29, 0.717) is 23.8 Å². The maximum absolute atomic E-state index is 10.7. The van der Waals surface area contributed by atoms with Gasteiger partial charge < -0.3 is 24.6 Å². The molecule has 0 spiro atoms. The molecule has 0 bridgehead atoms. The van der Waals surface area contributed by atoms with Gasteiger partial charge in [-0.3, -0.25) is 4.79 Å². The first-order valence-corrected chi connectivity index (χ1v) is 6.66. The molecule has 0 fully saturated rings. The maximum Gasteiger partial charge on any atom is 0.322 e. The normalized spacial score (nSPS) is 16.5. The van der Waals surface area contributed by atoms with Crippen molar-refractivity contribution in [2.24, 2.45) is 4.99 Å². The number of ether oxygens (including phenoxy) is 3. The maximum atomic E-state index is 10.7. The topological polar surface area (TPSA) is 89.4 Å². The molecule has 0 atom stereocenters. The van der Waals surface area contributed by atoms with Crippen molar-refractivity contribution in [3.8, 4) is 5.75 Å². The van der Waals surface area contributed by atoms with Crippen LogP contribution in [0.5, 0.6) is 5.75 Å². The van der Waals surface area contributed by atoms with Crippen molar-refractivity contribution in [3.05, 3.63) is 35.7 Å². The van der Waals surface area contributed by atoms with Crippen molar-refractivity contribution in [3.63, 3.8) is 0 Å². The molecular formula is C15H18N2O5. The van der Waals surface area contributed by atoms with Crippen LogP contribution in [0.4, 0.5) is 5.69 Å². The molecule has 1 aromatic carbocycles. The quantitative estimate of drug-likeness (QED) is 0.824. The molecule has 2 N–H and O–H groups in total. The number of carbonyl (C=O) groups is 1. The third-order valence-electron chi connectivity index (χ3n) is 3.01. The predicted octanol–water partition coefficient (Wildman–Crippen LogP) is 1.33. The minimum atomic E-state index is -0.956. The fourth-order valence-corrected chi connectivity index (χ4v) is 2.01. The Bertz CT molecular complexity index is 592. The van der Waals surface area contributed by atoms with Gasteiger partial charge in [0.2, 0.25) is 0 Å². The van der Waals surface area contributed by atoms with Gasteiger partial charge in [0.05, 0.1) is 38.8 Å². The van der Waals surface area contributed by atoms with Gasteiger partial charge in [-0.2, -0.15) is 0 Å². The SMILES string of the molecule is COC1=C(NCC(=O)O)COC/C1=N\c1ccc(OC)cc1. The van der Waals surface area contributed by atoms with Crippen molar-refractivity contribution in [1.29, 1.82) is 0 Å². The van der Waals surface area contributed by atoms with Crippen LogP contribution in [-0.4, -0.2) is 50.8 Å². The average Bonchev–Trinajstić information content (AvgIpc) is 2.53. The third kappa shape index (κ3) is 3.98. The first-order valence-electron chi connectivity index (χ1n) is 6.66. The molecule has 0 aliphatic carbocycles. The lowest BCUT2D eigenvalue weighted by molar-refractivity contribution is -0.135. The van der Waals surface area contributed by atoms with Crippen LogP contribution in [0, 0.1) is 0 Å². The van der Waals surface area contributed by atoms with E-state index >= 15 is 0 Å². The van der Waals surface area contributed by atoms with Crippen molar-refractivity contribution in [2.75, 3.05) is 34.0 Å². The molecule has 7 nitrogen and oxygen atoms in total. The highest BCUT2D eigenvalue weighted by molar-refractivity contribution is 6.02. The van der Waals surface area contributed by atoms with E-state index in [1.165, 1.54) is 7.11 Å². The van der Waals surface area contributed by atoms with Crippen molar-refractivity contribution in [2.45, 2.75) is 0 Å². The Labute approximate surface area is 128 Å². The molecule has 0 aromatic heterocycles. The zero-order chi connectivity index (χ0) is 15.9. The molecular weight excluding hydrogens is 288 g/mol. The molecule has 1 aliphatic heterocycles. The molecule has 22 heavy (non-hydrogen) atoms. The molecule has 1 aromatic rings. The highest BCUT2D eigenvalue weighted by atomic mass is 16.5. The summed E-state index contributed by atoms with van der Waals surface area (Å²) in [6, 6.07) is 7.25. The molecule has 1 heterocycles. The Morgan fingerprint density at radius 1 is 1.27 bits per heavy atom. The van der Waals surface area contributed by atoms with Crippen molar-refractivity contribution >= 4 is 17.4 Å². The average molecular weight is 306 g/mol. The van der Waals surface area contributed by atoms with Crippen LogP contribution in [0.25, 0.3) is 0 Å². The van der Waals surface area contributed by atoms with E-state index in [-0.39, 0.29) is 13.2 Å². The second-order valence-corrected chi connectivity index (χ2v) is 4.51. The Kier molecular flexibility index (Phi) is 5.37. The molecule has 0 amide bonds. The number of methoxy groups -OCH3 is 2. The summed E-state index contributed by atoms with van der Waals surface area (Å²) in [5.74, 6) is 0.306. The smallest absolute Gasteiger partial charge is 0.322 e. The van der Waals surface area contributed by atoms with Crippen LogP contribution in [0.1, 0.15) is 0 Å². The van der Waals surface area contributed by atoms with Gasteiger partial charge >= 0.3 is 5.97 Å².